The number of aryl methyl sites for hydroxylation is 1. The second kappa shape index (κ2) is 6.81. The molecule has 1 fully saturated rings. The summed E-state index contributed by atoms with van der Waals surface area (Å²) in [5.41, 5.74) is 2.69. The molecule has 0 radical (unpaired) electrons. The summed E-state index contributed by atoms with van der Waals surface area (Å²) in [6.07, 6.45) is 9.97. The van der Waals surface area contributed by atoms with Crippen molar-refractivity contribution in [3.63, 3.8) is 0 Å². The van der Waals surface area contributed by atoms with E-state index in [9.17, 15) is 0 Å². The number of H-pyrrole nitrogens is 1. The maximum absolute atomic E-state index is 4.35. The summed E-state index contributed by atoms with van der Waals surface area (Å²) in [4.78, 5) is 10.4. The van der Waals surface area contributed by atoms with E-state index in [4.69, 9.17) is 0 Å². The number of nitrogens with zero attached hydrogens (tertiary/aromatic N) is 3. The van der Waals surface area contributed by atoms with E-state index in [0.717, 1.165) is 31.3 Å². The first kappa shape index (κ1) is 15.5. The molecule has 0 amide bonds. The van der Waals surface area contributed by atoms with Gasteiger partial charge < -0.3 is 14.5 Å². The molecule has 0 spiro atoms. The molecule has 1 N–H and O–H groups in total. The molecule has 1 unspecified atom stereocenters. The number of likely N-dealkylation sites (tertiary alicyclic amines) is 1. The van der Waals surface area contributed by atoms with E-state index in [1.54, 1.807) is 0 Å². The molecule has 4 rings (SSSR count). The molecule has 126 valence electrons. The number of fused-ring (bicyclic) bond motifs is 1. The van der Waals surface area contributed by atoms with Crippen molar-refractivity contribution >= 4 is 10.9 Å². The van der Waals surface area contributed by atoms with Crippen LogP contribution in [0.3, 0.4) is 0 Å². The van der Waals surface area contributed by atoms with Crippen molar-refractivity contribution in [1.29, 1.82) is 0 Å². The molecule has 1 saturated heterocycles. The van der Waals surface area contributed by atoms with E-state index in [0.29, 0.717) is 0 Å². The van der Waals surface area contributed by atoms with E-state index in [1.165, 1.54) is 42.4 Å². The lowest BCUT2D eigenvalue weighted by Crippen LogP contribution is -2.38. The normalized spacial score (nSPS) is 19.1. The molecule has 3 aromatic rings. The number of aromatic nitrogens is 3. The Morgan fingerprint density at radius 2 is 2.21 bits per heavy atom. The Hall–Kier alpha value is -2.07. The molecule has 1 atom stereocenters. The number of piperidine rings is 1. The van der Waals surface area contributed by atoms with Crippen molar-refractivity contribution in [2.75, 3.05) is 19.6 Å². The van der Waals surface area contributed by atoms with Gasteiger partial charge in [-0.25, -0.2) is 4.98 Å². The van der Waals surface area contributed by atoms with Crippen LogP contribution in [-0.2, 0) is 13.0 Å². The van der Waals surface area contributed by atoms with Gasteiger partial charge in [-0.15, -0.1) is 0 Å². The lowest BCUT2D eigenvalue weighted by atomic mass is 9.97. The highest BCUT2D eigenvalue weighted by Crippen LogP contribution is 2.21. The highest BCUT2D eigenvalue weighted by Gasteiger charge is 2.20. The van der Waals surface area contributed by atoms with Gasteiger partial charge in [0.05, 0.1) is 0 Å². The number of nitrogens with one attached hydrogen (secondary N) is 1. The molecule has 1 aliphatic heterocycles. The molecular weight excluding hydrogens is 296 g/mol. The van der Waals surface area contributed by atoms with Crippen molar-refractivity contribution in [3.8, 4) is 0 Å². The number of hydrogen-bond donors (Lipinski definition) is 1. The van der Waals surface area contributed by atoms with E-state index >= 15 is 0 Å². The van der Waals surface area contributed by atoms with Gasteiger partial charge in [0.1, 0.15) is 5.82 Å². The Morgan fingerprint density at radius 3 is 3.08 bits per heavy atom. The number of aromatic amines is 1. The van der Waals surface area contributed by atoms with Gasteiger partial charge in [-0.2, -0.15) is 0 Å². The Bertz CT molecular complexity index is 801. The molecule has 4 nitrogen and oxygen atoms in total. The summed E-state index contributed by atoms with van der Waals surface area (Å²) < 4.78 is 2.30. The Morgan fingerprint density at radius 1 is 1.29 bits per heavy atom. The fourth-order valence-corrected chi connectivity index (χ4v) is 4.00. The summed E-state index contributed by atoms with van der Waals surface area (Å²) in [5.74, 6) is 1.88. The van der Waals surface area contributed by atoms with Gasteiger partial charge in [0, 0.05) is 49.1 Å². The van der Waals surface area contributed by atoms with Crippen molar-refractivity contribution in [3.05, 3.63) is 54.2 Å². The second-order valence-electron chi connectivity index (χ2n) is 7.05. The topological polar surface area (TPSA) is 36.9 Å². The van der Waals surface area contributed by atoms with Crippen molar-refractivity contribution in [2.45, 2.75) is 32.7 Å². The van der Waals surface area contributed by atoms with Gasteiger partial charge in [0.2, 0.25) is 0 Å². The Labute approximate surface area is 143 Å². The molecular formula is C20H26N4. The van der Waals surface area contributed by atoms with Gasteiger partial charge in [-0.3, -0.25) is 0 Å². The largest absolute Gasteiger partial charge is 0.361 e. The molecule has 4 heteroatoms. The number of rotatable bonds is 5. The van der Waals surface area contributed by atoms with Crippen LogP contribution in [0.25, 0.3) is 10.9 Å². The van der Waals surface area contributed by atoms with Crippen LogP contribution in [0.2, 0.25) is 0 Å². The van der Waals surface area contributed by atoms with Crippen molar-refractivity contribution in [2.24, 2.45) is 5.92 Å². The number of para-hydroxylation sites is 1. The summed E-state index contributed by atoms with van der Waals surface area (Å²) in [6, 6.07) is 8.60. The molecule has 0 aliphatic carbocycles. The molecule has 1 aliphatic rings. The lowest BCUT2D eigenvalue weighted by Gasteiger charge is -2.33. The average Bonchev–Trinajstić information content (AvgIpc) is 3.20. The zero-order valence-corrected chi connectivity index (χ0v) is 14.4. The summed E-state index contributed by atoms with van der Waals surface area (Å²) >= 11 is 0. The van der Waals surface area contributed by atoms with Gasteiger partial charge >= 0.3 is 0 Å². The SMILES string of the molecule is Cc1nccn1CC1CCCN(CCc2c[nH]c3ccccc23)C1. The fourth-order valence-electron chi connectivity index (χ4n) is 4.00. The van der Waals surface area contributed by atoms with E-state index in [-0.39, 0.29) is 0 Å². The summed E-state index contributed by atoms with van der Waals surface area (Å²) in [7, 11) is 0. The smallest absolute Gasteiger partial charge is 0.105 e. The third-order valence-corrected chi connectivity index (χ3v) is 5.35. The minimum absolute atomic E-state index is 0.745. The van der Waals surface area contributed by atoms with Crippen LogP contribution in [0.5, 0.6) is 0 Å². The molecule has 24 heavy (non-hydrogen) atoms. The molecule has 0 bridgehead atoms. The Kier molecular flexibility index (Phi) is 4.39. The monoisotopic (exact) mass is 322 g/mol. The quantitative estimate of drug-likeness (QED) is 0.779. The standard InChI is InChI=1S/C20H26N4/c1-16-21-9-12-24(16)15-17-5-4-10-23(14-17)11-8-18-13-22-20-7-3-2-6-19(18)20/h2-3,6-7,9,12-13,17,22H,4-5,8,10-11,14-15H2,1H3. The minimum atomic E-state index is 0.745. The van der Waals surface area contributed by atoms with Gasteiger partial charge in [0.25, 0.3) is 0 Å². The first-order valence-electron chi connectivity index (χ1n) is 9.04. The number of benzene rings is 1. The van der Waals surface area contributed by atoms with E-state index in [1.807, 2.05) is 6.20 Å². The summed E-state index contributed by atoms with van der Waals surface area (Å²) in [6.45, 7) is 6.80. The lowest BCUT2D eigenvalue weighted by molar-refractivity contribution is 0.164. The zero-order chi connectivity index (χ0) is 16.4. The van der Waals surface area contributed by atoms with Crippen LogP contribution >= 0.6 is 0 Å². The highest BCUT2D eigenvalue weighted by atomic mass is 15.1. The van der Waals surface area contributed by atoms with Gasteiger partial charge in [-0.1, -0.05) is 18.2 Å². The molecule has 1 aromatic carbocycles. The van der Waals surface area contributed by atoms with Gasteiger partial charge in [-0.05, 0) is 50.3 Å². The predicted molar refractivity (Wildman–Crippen MR) is 98.1 cm³/mol. The first-order chi connectivity index (χ1) is 11.8. The van der Waals surface area contributed by atoms with Crippen LogP contribution in [0.15, 0.2) is 42.9 Å². The van der Waals surface area contributed by atoms with Crippen LogP contribution in [0.4, 0.5) is 0 Å². The third-order valence-electron chi connectivity index (χ3n) is 5.35. The van der Waals surface area contributed by atoms with Crippen LogP contribution in [-0.4, -0.2) is 39.1 Å². The fraction of sp³-hybridized carbons (Fsp3) is 0.450. The molecule has 2 aromatic heterocycles. The van der Waals surface area contributed by atoms with Crippen LogP contribution in [0, 0.1) is 12.8 Å². The van der Waals surface area contributed by atoms with Crippen LogP contribution in [0.1, 0.15) is 24.2 Å². The average molecular weight is 322 g/mol. The van der Waals surface area contributed by atoms with Crippen LogP contribution < -0.4 is 0 Å². The maximum atomic E-state index is 4.35. The highest BCUT2D eigenvalue weighted by molar-refractivity contribution is 5.83. The Balaban J connectivity index is 1.35. The molecule has 3 heterocycles. The zero-order valence-electron chi connectivity index (χ0n) is 14.4. The number of hydrogen-bond acceptors (Lipinski definition) is 2. The first-order valence-corrected chi connectivity index (χ1v) is 9.04. The van der Waals surface area contributed by atoms with Crippen molar-refractivity contribution in [1.82, 2.24) is 19.4 Å². The molecule has 0 saturated carbocycles. The maximum Gasteiger partial charge on any atom is 0.105 e. The predicted octanol–water partition coefficient (Wildman–Crippen LogP) is 3.63. The van der Waals surface area contributed by atoms with Crippen molar-refractivity contribution < 1.29 is 0 Å². The minimum Gasteiger partial charge on any atom is -0.361 e. The van der Waals surface area contributed by atoms with Gasteiger partial charge in [0.15, 0.2) is 0 Å². The van der Waals surface area contributed by atoms with E-state index in [2.05, 4.69) is 63.0 Å². The second-order valence-corrected chi connectivity index (χ2v) is 7.05. The number of imidazole rings is 1. The third kappa shape index (κ3) is 3.24. The van der Waals surface area contributed by atoms with E-state index < -0.39 is 0 Å². The summed E-state index contributed by atoms with van der Waals surface area (Å²) in [5, 5.41) is 1.38.